The van der Waals surface area contributed by atoms with Crippen molar-refractivity contribution in [2.45, 2.75) is 70.4 Å². The van der Waals surface area contributed by atoms with Crippen LogP contribution in [-0.2, 0) is 19.7 Å². The first kappa shape index (κ1) is 20.8. The molecule has 146 valence electrons. The van der Waals surface area contributed by atoms with E-state index in [1.54, 1.807) is 6.92 Å². The minimum Gasteiger partial charge on any atom is -0.479 e. The molecule has 2 rings (SSSR count). The summed E-state index contributed by atoms with van der Waals surface area (Å²) < 4.78 is 10.6. The van der Waals surface area contributed by atoms with Crippen molar-refractivity contribution in [2.75, 3.05) is 6.61 Å². The normalized spacial score (nSPS) is 16.9. The average molecular weight is 372 g/mol. The van der Waals surface area contributed by atoms with Crippen LogP contribution in [-0.4, -0.2) is 30.1 Å². The summed E-state index contributed by atoms with van der Waals surface area (Å²) >= 11 is 0. The molecule has 1 amide bonds. The van der Waals surface area contributed by atoms with Gasteiger partial charge in [0.05, 0.1) is 6.07 Å². The first-order valence-electron chi connectivity index (χ1n) is 9.31. The lowest BCUT2D eigenvalue weighted by Crippen LogP contribution is -2.47. The summed E-state index contributed by atoms with van der Waals surface area (Å²) in [6, 6.07) is 9.72. The predicted molar refractivity (Wildman–Crippen MR) is 101 cm³/mol. The summed E-state index contributed by atoms with van der Waals surface area (Å²) in [5.41, 5.74) is 0.386. The van der Waals surface area contributed by atoms with Crippen molar-refractivity contribution in [1.82, 2.24) is 5.32 Å². The lowest BCUT2D eigenvalue weighted by atomic mass is 9.87. The molecule has 0 saturated heterocycles. The number of hydrogen-bond donors (Lipinski definition) is 1. The average Bonchev–Trinajstić information content (AvgIpc) is 3.08. The Kier molecular flexibility index (Phi) is 6.48. The van der Waals surface area contributed by atoms with Crippen LogP contribution in [0.2, 0.25) is 0 Å². The molecule has 0 heterocycles. The fourth-order valence-electron chi connectivity index (χ4n) is 3.09. The zero-order valence-electron chi connectivity index (χ0n) is 16.5. The molecule has 1 fully saturated rings. The summed E-state index contributed by atoms with van der Waals surface area (Å²) in [4.78, 5) is 24.1. The van der Waals surface area contributed by atoms with Crippen molar-refractivity contribution in [3.05, 3.63) is 29.8 Å². The van der Waals surface area contributed by atoms with Gasteiger partial charge < -0.3 is 14.8 Å². The van der Waals surface area contributed by atoms with E-state index in [1.807, 2.05) is 24.3 Å². The fourth-order valence-corrected chi connectivity index (χ4v) is 3.09. The molecule has 1 saturated carbocycles. The number of carbonyl (C=O) groups excluding carboxylic acids is 2. The van der Waals surface area contributed by atoms with E-state index in [4.69, 9.17) is 9.47 Å². The molecule has 0 bridgehead atoms. The second-order valence-corrected chi connectivity index (χ2v) is 8.09. The molecule has 1 aliphatic carbocycles. The van der Waals surface area contributed by atoms with E-state index in [1.165, 1.54) is 5.56 Å². The molecule has 1 aliphatic rings. The van der Waals surface area contributed by atoms with Crippen molar-refractivity contribution in [1.29, 1.82) is 5.26 Å². The monoisotopic (exact) mass is 372 g/mol. The standard InChI is InChI=1S/C21H28N2O4/c1-15(27-17-9-7-16(8-10-17)20(2,3)4)19(25)26-13-18(24)23-21(14-22)11-5-6-12-21/h7-10,15H,5-6,11-13H2,1-4H3,(H,23,24)/t15-/m0/s1. The predicted octanol–water partition coefficient (Wildman–Crippen LogP) is 3.25. The third kappa shape index (κ3) is 5.72. The molecule has 6 heteroatoms. The number of benzene rings is 1. The van der Waals surface area contributed by atoms with Crippen LogP contribution < -0.4 is 10.1 Å². The number of ether oxygens (including phenoxy) is 2. The maximum absolute atomic E-state index is 12.1. The van der Waals surface area contributed by atoms with Crippen molar-refractivity contribution < 1.29 is 19.1 Å². The van der Waals surface area contributed by atoms with Gasteiger partial charge in [-0.3, -0.25) is 4.79 Å². The van der Waals surface area contributed by atoms with Crippen molar-refractivity contribution >= 4 is 11.9 Å². The molecular weight excluding hydrogens is 344 g/mol. The number of rotatable bonds is 6. The van der Waals surface area contributed by atoms with Gasteiger partial charge in [-0.15, -0.1) is 0 Å². The third-order valence-electron chi connectivity index (χ3n) is 4.76. The highest BCUT2D eigenvalue weighted by atomic mass is 16.6. The number of carbonyl (C=O) groups is 2. The van der Waals surface area contributed by atoms with Crippen LogP contribution in [0.5, 0.6) is 5.75 Å². The van der Waals surface area contributed by atoms with Gasteiger partial charge >= 0.3 is 5.97 Å². The Labute approximate surface area is 160 Å². The summed E-state index contributed by atoms with van der Waals surface area (Å²) in [5, 5.41) is 12.0. The van der Waals surface area contributed by atoms with Gasteiger partial charge in [0.2, 0.25) is 0 Å². The van der Waals surface area contributed by atoms with Gasteiger partial charge in [-0.05, 0) is 55.7 Å². The fraction of sp³-hybridized carbons (Fsp3) is 0.571. The summed E-state index contributed by atoms with van der Waals surface area (Å²) in [5.74, 6) is -0.526. The van der Waals surface area contributed by atoms with Crippen LogP contribution >= 0.6 is 0 Å². The molecule has 0 radical (unpaired) electrons. The topological polar surface area (TPSA) is 88.4 Å². The van der Waals surface area contributed by atoms with Crippen LogP contribution in [0.15, 0.2) is 24.3 Å². The molecule has 1 aromatic carbocycles. The zero-order chi connectivity index (χ0) is 20.1. The van der Waals surface area contributed by atoms with Crippen molar-refractivity contribution in [2.24, 2.45) is 0 Å². The molecule has 0 spiro atoms. The van der Waals surface area contributed by atoms with E-state index in [2.05, 4.69) is 32.2 Å². The number of esters is 1. The third-order valence-corrected chi connectivity index (χ3v) is 4.76. The molecule has 1 N–H and O–H groups in total. The highest BCUT2D eigenvalue weighted by Crippen LogP contribution is 2.28. The summed E-state index contributed by atoms with van der Waals surface area (Å²) in [6.07, 6.45) is 2.24. The van der Waals surface area contributed by atoms with Crippen molar-refractivity contribution in [3.63, 3.8) is 0 Å². The maximum atomic E-state index is 12.1. The number of nitrogens with zero attached hydrogens (tertiary/aromatic N) is 1. The van der Waals surface area contributed by atoms with E-state index < -0.39 is 30.1 Å². The SMILES string of the molecule is C[C@H](Oc1ccc(C(C)(C)C)cc1)C(=O)OCC(=O)NC1(C#N)CCCC1. The quantitative estimate of drug-likeness (QED) is 0.775. The lowest BCUT2D eigenvalue weighted by molar-refractivity contribution is -0.155. The van der Waals surface area contributed by atoms with Gasteiger partial charge in [-0.1, -0.05) is 32.9 Å². The Morgan fingerprint density at radius 2 is 1.81 bits per heavy atom. The van der Waals surface area contributed by atoms with E-state index in [0.717, 1.165) is 12.8 Å². The molecule has 27 heavy (non-hydrogen) atoms. The Hall–Kier alpha value is -2.55. The zero-order valence-corrected chi connectivity index (χ0v) is 16.5. The first-order chi connectivity index (χ1) is 12.6. The van der Waals surface area contributed by atoms with Crippen LogP contribution in [0.4, 0.5) is 0 Å². The molecule has 0 aliphatic heterocycles. The molecule has 6 nitrogen and oxygen atoms in total. The van der Waals surface area contributed by atoms with Gasteiger partial charge in [0.25, 0.3) is 5.91 Å². The minimum atomic E-state index is -0.838. The van der Waals surface area contributed by atoms with E-state index in [9.17, 15) is 14.9 Å². The van der Waals surface area contributed by atoms with Crippen LogP contribution in [0.25, 0.3) is 0 Å². The largest absolute Gasteiger partial charge is 0.479 e. The van der Waals surface area contributed by atoms with Gasteiger partial charge in [-0.2, -0.15) is 5.26 Å². The van der Waals surface area contributed by atoms with E-state index in [-0.39, 0.29) is 5.41 Å². The number of amides is 1. The number of nitriles is 1. The van der Waals surface area contributed by atoms with Gasteiger partial charge in [0, 0.05) is 0 Å². The van der Waals surface area contributed by atoms with Crippen LogP contribution in [0, 0.1) is 11.3 Å². The number of hydrogen-bond acceptors (Lipinski definition) is 5. The summed E-state index contributed by atoms with van der Waals surface area (Å²) in [6.45, 7) is 7.52. The molecular formula is C21H28N2O4. The van der Waals surface area contributed by atoms with Crippen LogP contribution in [0.1, 0.15) is 58.9 Å². The second kappa shape index (κ2) is 8.43. The van der Waals surface area contributed by atoms with Crippen molar-refractivity contribution in [3.8, 4) is 11.8 Å². The Bertz CT molecular complexity index is 707. The first-order valence-corrected chi connectivity index (χ1v) is 9.31. The Morgan fingerprint density at radius 1 is 1.22 bits per heavy atom. The Balaban J connectivity index is 1.81. The van der Waals surface area contributed by atoms with Gasteiger partial charge in [0.1, 0.15) is 11.3 Å². The second-order valence-electron chi connectivity index (χ2n) is 8.09. The smallest absolute Gasteiger partial charge is 0.347 e. The molecule has 0 aromatic heterocycles. The van der Waals surface area contributed by atoms with E-state index in [0.29, 0.717) is 18.6 Å². The highest BCUT2D eigenvalue weighted by Gasteiger charge is 2.35. The maximum Gasteiger partial charge on any atom is 0.347 e. The number of nitrogens with one attached hydrogen (secondary N) is 1. The van der Waals surface area contributed by atoms with Crippen LogP contribution in [0.3, 0.4) is 0 Å². The molecule has 1 atom stereocenters. The highest BCUT2D eigenvalue weighted by molar-refractivity contribution is 5.82. The Morgan fingerprint density at radius 3 is 2.33 bits per heavy atom. The lowest BCUT2D eigenvalue weighted by Gasteiger charge is -2.22. The van der Waals surface area contributed by atoms with E-state index >= 15 is 0 Å². The van der Waals surface area contributed by atoms with Gasteiger partial charge in [0.15, 0.2) is 12.7 Å². The molecule has 0 unspecified atom stereocenters. The minimum absolute atomic E-state index is 0.0382. The van der Waals surface area contributed by atoms with Gasteiger partial charge in [-0.25, -0.2) is 4.79 Å². The molecule has 1 aromatic rings. The summed E-state index contributed by atoms with van der Waals surface area (Å²) in [7, 11) is 0.